The smallest absolute Gasteiger partial charge is 0.255 e. The Kier molecular flexibility index (Phi) is 13.9. The first-order valence-electron chi connectivity index (χ1n) is 17.4. The molecular formula is C37H49N5O8S. The largest absolute Gasteiger partial charge is 0.491 e. The molecular weight excluding hydrogens is 675 g/mol. The minimum atomic E-state index is -0.889. The molecule has 0 radical (unpaired) electrons. The summed E-state index contributed by atoms with van der Waals surface area (Å²) in [7, 11) is 0. The van der Waals surface area contributed by atoms with Gasteiger partial charge in [0, 0.05) is 43.7 Å². The van der Waals surface area contributed by atoms with Crippen molar-refractivity contribution in [3.63, 3.8) is 0 Å². The number of benzene rings is 2. The minimum absolute atomic E-state index is 0.0134. The van der Waals surface area contributed by atoms with Crippen LogP contribution in [0.5, 0.6) is 5.75 Å². The molecule has 5 rings (SSSR count). The zero-order valence-electron chi connectivity index (χ0n) is 29.5. The van der Waals surface area contributed by atoms with E-state index in [4.69, 9.17) is 24.7 Å². The van der Waals surface area contributed by atoms with Crippen LogP contribution in [0, 0.1) is 12.8 Å². The van der Waals surface area contributed by atoms with Gasteiger partial charge in [0.1, 0.15) is 24.4 Å². The van der Waals surface area contributed by atoms with Crippen LogP contribution >= 0.6 is 11.3 Å². The highest BCUT2D eigenvalue weighted by atomic mass is 32.1. The molecule has 0 spiro atoms. The van der Waals surface area contributed by atoms with E-state index in [0.717, 1.165) is 27.3 Å². The number of nitrogens with one attached hydrogen (secondary N) is 1. The number of ether oxygens (including phenoxy) is 4. The van der Waals surface area contributed by atoms with Gasteiger partial charge in [-0.25, -0.2) is 4.98 Å². The monoisotopic (exact) mass is 723 g/mol. The highest BCUT2D eigenvalue weighted by molar-refractivity contribution is 7.13. The number of nitrogens with zero attached hydrogens (tertiary/aromatic N) is 3. The first-order valence-corrected chi connectivity index (χ1v) is 18.3. The van der Waals surface area contributed by atoms with Gasteiger partial charge in [-0.05, 0) is 36.1 Å². The molecule has 1 saturated heterocycles. The summed E-state index contributed by atoms with van der Waals surface area (Å²) in [6.45, 7) is 9.58. The van der Waals surface area contributed by atoms with Crippen LogP contribution in [0.1, 0.15) is 47.4 Å². The number of aryl methyl sites for hydroxylation is 1. The molecule has 3 aromatic rings. The lowest BCUT2D eigenvalue weighted by Crippen LogP contribution is -2.55. The zero-order chi connectivity index (χ0) is 36.3. The number of aromatic nitrogens is 1. The third-order valence-electron chi connectivity index (χ3n) is 8.95. The quantitative estimate of drug-likeness (QED) is 0.157. The standard InChI is InChI=1S/C37H49N5O8S/c1-24(2)33(42-21-28-6-4-5-7-30(28)36(42)45)37(46)41-22-29(43)19-31(41)35(44)39-20-27-9-8-26(34-25(3)40-23-51-34)18-32(27)50-17-16-49-15-14-48-13-12-47-11-10-38/h4-9,18,23-24,29,31,33,43H,10-17,19-22,38H2,1-3H3,(H,39,44)/t29?,31?,33-/m0/s1. The van der Waals surface area contributed by atoms with Crippen LogP contribution in [0.3, 0.4) is 0 Å². The average molecular weight is 724 g/mol. The van der Waals surface area contributed by atoms with Crippen molar-refractivity contribution in [3.8, 4) is 16.2 Å². The van der Waals surface area contributed by atoms with Gasteiger partial charge in [-0.1, -0.05) is 44.2 Å². The number of hydrogen-bond donors (Lipinski definition) is 3. The van der Waals surface area contributed by atoms with Crippen molar-refractivity contribution in [1.29, 1.82) is 0 Å². The predicted octanol–water partition coefficient (Wildman–Crippen LogP) is 2.76. The van der Waals surface area contributed by atoms with E-state index in [0.29, 0.717) is 64.0 Å². The van der Waals surface area contributed by atoms with Crippen LogP contribution in [-0.2, 0) is 36.9 Å². The Morgan fingerprint density at radius 1 is 1.04 bits per heavy atom. The summed E-state index contributed by atoms with van der Waals surface area (Å²) in [4.78, 5) is 49.6. The van der Waals surface area contributed by atoms with E-state index < -0.39 is 18.2 Å². The number of amides is 3. The normalized spacial score (nSPS) is 17.6. The van der Waals surface area contributed by atoms with Crippen molar-refractivity contribution in [2.24, 2.45) is 11.7 Å². The molecule has 3 heterocycles. The van der Waals surface area contributed by atoms with Crippen LogP contribution in [0.25, 0.3) is 10.4 Å². The van der Waals surface area contributed by atoms with E-state index in [9.17, 15) is 19.5 Å². The molecule has 13 nitrogen and oxygen atoms in total. The highest BCUT2D eigenvalue weighted by Crippen LogP contribution is 2.33. The maximum absolute atomic E-state index is 14.1. The summed E-state index contributed by atoms with van der Waals surface area (Å²) in [5.74, 6) is -0.560. The molecule has 51 heavy (non-hydrogen) atoms. The molecule has 1 fully saturated rings. The Bertz CT molecular complexity index is 1630. The Balaban J connectivity index is 1.21. The molecule has 2 aliphatic heterocycles. The summed E-state index contributed by atoms with van der Waals surface area (Å²) in [5, 5.41) is 13.6. The second-order valence-corrected chi connectivity index (χ2v) is 13.8. The average Bonchev–Trinajstić information content (AvgIpc) is 3.82. The number of β-amino-alcohol motifs (C(OH)–C–C–N with tert-alkyl or cyclic N) is 1. The Morgan fingerprint density at radius 2 is 1.75 bits per heavy atom. The van der Waals surface area contributed by atoms with Crippen molar-refractivity contribution >= 4 is 29.1 Å². The van der Waals surface area contributed by atoms with Gasteiger partial charge in [-0.3, -0.25) is 14.4 Å². The summed E-state index contributed by atoms with van der Waals surface area (Å²) in [5.41, 5.74) is 11.2. The molecule has 1 aromatic heterocycles. The van der Waals surface area contributed by atoms with Crippen LogP contribution in [-0.4, -0.2) is 115 Å². The number of hydrogen-bond acceptors (Lipinski definition) is 11. The fourth-order valence-electron chi connectivity index (χ4n) is 6.45. The molecule has 276 valence electrons. The van der Waals surface area contributed by atoms with Crippen LogP contribution < -0.4 is 15.8 Å². The minimum Gasteiger partial charge on any atom is -0.491 e. The van der Waals surface area contributed by atoms with Gasteiger partial charge in [0.25, 0.3) is 5.91 Å². The summed E-state index contributed by atoms with van der Waals surface area (Å²) < 4.78 is 22.6. The van der Waals surface area contributed by atoms with Gasteiger partial charge in [0.15, 0.2) is 0 Å². The van der Waals surface area contributed by atoms with E-state index in [1.54, 1.807) is 16.5 Å². The number of aliphatic hydroxyl groups is 1. The fourth-order valence-corrected chi connectivity index (χ4v) is 7.25. The van der Waals surface area contributed by atoms with Crippen molar-refractivity contribution in [2.45, 2.75) is 58.5 Å². The number of carbonyl (C=O) groups is 3. The summed E-state index contributed by atoms with van der Waals surface area (Å²) in [6.07, 6.45) is -0.759. The molecule has 0 aliphatic carbocycles. The van der Waals surface area contributed by atoms with Gasteiger partial charge in [0.05, 0.1) is 61.8 Å². The van der Waals surface area contributed by atoms with Gasteiger partial charge >= 0.3 is 0 Å². The van der Waals surface area contributed by atoms with Crippen LogP contribution in [0.2, 0.25) is 0 Å². The molecule has 2 aromatic carbocycles. The van der Waals surface area contributed by atoms with E-state index in [1.165, 1.54) is 16.2 Å². The topological polar surface area (TPSA) is 166 Å². The Labute approximate surface area is 303 Å². The third-order valence-corrected chi connectivity index (χ3v) is 9.93. The molecule has 14 heteroatoms. The Morgan fingerprint density at radius 3 is 2.41 bits per heavy atom. The maximum Gasteiger partial charge on any atom is 0.255 e. The van der Waals surface area contributed by atoms with Crippen molar-refractivity contribution in [1.82, 2.24) is 20.1 Å². The summed E-state index contributed by atoms with van der Waals surface area (Å²) in [6, 6.07) is 11.5. The molecule has 2 aliphatic rings. The van der Waals surface area contributed by atoms with Crippen molar-refractivity contribution in [2.75, 3.05) is 59.3 Å². The molecule has 0 bridgehead atoms. The second-order valence-electron chi connectivity index (χ2n) is 13.0. The number of aliphatic hydroxyl groups excluding tert-OH is 1. The van der Waals surface area contributed by atoms with Crippen molar-refractivity contribution in [3.05, 3.63) is 70.4 Å². The first kappa shape index (κ1) is 38.3. The molecule has 4 N–H and O–H groups in total. The lowest BCUT2D eigenvalue weighted by molar-refractivity contribution is -0.143. The number of fused-ring (bicyclic) bond motifs is 1. The van der Waals surface area contributed by atoms with Crippen LogP contribution in [0.15, 0.2) is 48.0 Å². The van der Waals surface area contributed by atoms with Gasteiger partial charge in [0.2, 0.25) is 11.8 Å². The molecule has 3 atom stereocenters. The lowest BCUT2D eigenvalue weighted by atomic mass is 10.0. The van der Waals surface area contributed by atoms with Gasteiger partial charge in [-0.2, -0.15) is 0 Å². The maximum atomic E-state index is 14.1. The first-order chi connectivity index (χ1) is 24.7. The third kappa shape index (κ3) is 9.70. The van der Waals surface area contributed by atoms with Crippen molar-refractivity contribution < 1.29 is 38.4 Å². The van der Waals surface area contributed by atoms with E-state index in [2.05, 4.69) is 10.3 Å². The number of likely N-dealkylation sites (tertiary alicyclic amines) is 1. The van der Waals surface area contributed by atoms with Gasteiger partial charge in [-0.15, -0.1) is 11.3 Å². The molecule has 3 amide bonds. The number of carbonyl (C=O) groups excluding carboxylic acids is 3. The molecule has 0 saturated carbocycles. The number of rotatable bonds is 19. The lowest BCUT2D eigenvalue weighted by Gasteiger charge is -2.35. The van der Waals surface area contributed by atoms with Crippen LogP contribution in [0.4, 0.5) is 0 Å². The Hall–Kier alpha value is -3.92. The second kappa shape index (κ2) is 18.5. The number of nitrogens with two attached hydrogens (primary N) is 1. The summed E-state index contributed by atoms with van der Waals surface area (Å²) >= 11 is 1.54. The molecule has 2 unspecified atom stereocenters. The zero-order valence-corrected chi connectivity index (χ0v) is 30.4. The van der Waals surface area contributed by atoms with E-state index in [-0.39, 0.29) is 49.8 Å². The predicted molar refractivity (Wildman–Crippen MR) is 192 cm³/mol. The fraction of sp³-hybridized carbons (Fsp3) is 0.514. The highest BCUT2D eigenvalue weighted by Gasteiger charge is 2.45. The number of thiazole rings is 1. The SMILES string of the molecule is Cc1ncsc1-c1ccc(CNC(=O)C2CC(O)CN2C(=O)[C@H](C(C)C)N2Cc3ccccc3C2=O)c(OCCOCCOCCOCCN)c1. The van der Waals surface area contributed by atoms with E-state index in [1.807, 2.05) is 57.2 Å². The van der Waals surface area contributed by atoms with E-state index >= 15 is 0 Å². The van der Waals surface area contributed by atoms with Gasteiger partial charge < -0.3 is 44.9 Å².